The fraction of sp³-hybridized carbons (Fsp3) is 0.364. The molecule has 0 bridgehead atoms. The molecule has 1 aliphatic carbocycles. The third-order valence-electron chi connectivity index (χ3n) is 4.72. The second-order valence-corrected chi connectivity index (χ2v) is 6.97. The van der Waals surface area contributed by atoms with Gasteiger partial charge >= 0.3 is 0 Å². The van der Waals surface area contributed by atoms with Crippen molar-refractivity contribution in [3.05, 3.63) is 83.7 Å². The second-order valence-electron chi connectivity index (χ2n) is 6.97. The van der Waals surface area contributed by atoms with Crippen molar-refractivity contribution in [2.75, 3.05) is 6.54 Å². The van der Waals surface area contributed by atoms with Gasteiger partial charge in [-0.3, -0.25) is 0 Å². The number of rotatable bonds is 9. The summed E-state index contributed by atoms with van der Waals surface area (Å²) in [5, 5.41) is 13.6. The van der Waals surface area contributed by atoms with Crippen molar-refractivity contribution >= 4 is 0 Å². The molecule has 2 unspecified atom stereocenters. The highest BCUT2D eigenvalue weighted by molar-refractivity contribution is 5.21. The number of ether oxygens (including phenoxy) is 2. The predicted molar refractivity (Wildman–Crippen MR) is 103 cm³/mol. The predicted octanol–water partition coefficient (Wildman–Crippen LogP) is 4.24. The summed E-state index contributed by atoms with van der Waals surface area (Å²) in [6, 6.07) is 3.29. The minimum Gasteiger partial charge on any atom is -0.466 e. The summed E-state index contributed by atoms with van der Waals surface area (Å²) in [4.78, 5) is 0. The van der Waals surface area contributed by atoms with Crippen LogP contribution in [0, 0.1) is 11.6 Å². The monoisotopic (exact) mass is 389 g/mol. The minimum absolute atomic E-state index is 0.135. The van der Waals surface area contributed by atoms with Crippen molar-refractivity contribution in [2.45, 2.75) is 44.2 Å². The second kappa shape index (κ2) is 10.2. The molecule has 2 aliphatic rings. The Morgan fingerprint density at radius 3 is 2.64 bits per heavy atom. The van der Waals surface area contributed by atoms with Crippen molar-refractivity contribution in [1.29, 1.82) is 0 Å². The summed E-state index contributed by atoms with van der Waals surface area (Å²) in [6.45, 7) is 0.329. The van der Waals surface area contributed by atoms with Gasteiger partial charge in [0.15, 0.2) is 5.76 Å². The quantitative estimate of drug-likeness (QED) is 0.663. The maximum Gasteiger partial charge on any atom is 0.155 e. The third-order valence-corrected chi connectivity index (χ3v) is 4.72. The highest BCUT2D eigenvalue weighted by Gasteiger charge is 2.20. The first kappa shape index (κ1) is 20.3. The van der Waals surface area contributed by atoms with Gasteiger partial charge in [-0.2, -0.15) is 0 Å². The summed E-state index contributed by atoms with van der Waals surface area (Å²) in [5.74, 6) is -0.559. The molecule has 1 aromatic carbocycles. The van der Waals surface area contributed by atoms with Gasteiger partial charge in [0.2, 0.25) is 0 Å². The molecule has 0 amide bonds. The molecule has 1 aromatic rings. The van der Waals surface area contributed by atoms with E-state index in [9.17, 15) is 13.9 Å². The van der Waals surface area contributed by atoms with Crippen molar-refractivity contribution in [3.63, 3.8) is 0 Å². The van der Waals surface area contributed by atoms with Gasteiger partial charge < -0.3 is 19.9 Å². The van der Waals surface area contributed by atoms with Gasteiger partial charge in [0, 0.05) is 12.6 Å². The molecule has 6 heteroatoms. The Kier molecular flexibility index (Phi) is 7.39. The molecule has 28 heavy (non-hydrogen) atoms. The van der Waals surface area contributed by atoms with E-state index < -0.39 is 17.7 Å². The van der Waals surface area contributed by atoms with Gasteiger partial charge in [-0.25, -0.2) is 8.78 Å². The van der Waals surface area contributed by atoms with Crippen LogP contribution in [0.3, 0.4) is 0 Å². The molecule has 150 valence electrons. The van der Waals surface area contributed by atoms with Gasteiger partial charge in [-0.15, -0.1) is 0 Å². The lowest BCUT2D eigenvalue weighted by Gasteiger charge is -2.25. The molecule has 4 nitrogen and oxygen atoms in total. The maximum atomic E-state index is 13.3. The van der Waals surface area contributed by atoms with Crippen molar-refractivity contribution in [3.8, 4) is 0 Å². The Morgan fingerprint density at radius 2 is 1.96 bits per heavy atom. The topological polar surface area (TPSA) is 50.7 Å². The van der Waals surface area contributed by atoms with E-state index in [0.717, 1.165) is 25.3 Å². The standard InChI is InChI=1S/C22H25F2NO3/c23-18-10-17(11-19(24)13-18)6-7-20(26)14-25-21(22-15-27-8-9-28-22)12-16-4-2-1-3-5-16/h1-2,4,8-11,13,15,20-21,25-26H,3,5-7,12,14H2. The van der Waals surface area contributed by atoms with Crippen LogP contribution in [0.25, 0.3) is 0 Å². The average molecular weight is 389 g/mol. The Morgan fingerprint density at radius 1 is 1.14 bits per heavy atom. The summed E-state index contributed by atoms with van der Waals surface area (Å²) in [5.41, 5.74) is 1.83. The molecule has 0 saturated heterocycles. The largest absolute Gasteiger partial charge is 0.466 e. The van der Waals surface area contributed by atoms with Crippen LogP contribution in [-0.2, 0) is 15.9 Å². The SMILES string of the molecule is OC(CCc1cc(F)cc(F)c1)CNC(CC1=CC=CCC1)C1=COC=CO1. The zero-order valence-electron chi connectivity index (χ0n) is 15.6. The fourth-order valence-electron chi connectivity index (χ4n) is 3.26. The van der Waals surface area contributed by atoms with E-state index in [1.807, 2.05) is 0 Å². The van der Waals surface area contributed by atoms with Crippen LogP contribution < -0.4 is 5.32 Å². The molecule has 0 fully saturated rings. The third kappa shape index (κ3) is 6.32. The van der Waals surface area contributed by atoms with Gasteiger partial charge in [-0.05, 0) is 49.8 Å². The summed E-state index contributed by atoms with van der Waals surface area (Å²) < 4.78 is 37.3. The molecular weight excluding hydrogens is 364 g/mol. The van der Waals surface area contributed by atoms with Gasteiger partial charge in [0.1, 0.15) is 30.4 Å². The highest BCUT2D eigenvalue weighted by atomic mass is 19.1. The molecule has 1 heterocycles. The van der Waals surface area contributed by atoms with Crippen LogP contribution in [0.1, 0.15) is 31.2 Å². The molecule has 0 radical (unpaired) electrons. The van der Waals surface area contributed by atoms with Crippen molar-refractivity contribution in [1.82, 2.24) is 5.32 Å². The molecule has 2 atom stereocenters. The van der Waals surface area contributed by atoms with Crippen LogP contribution in [0.2, 0.25) is 0 Å². The number of aryl methyl sites for hydroxylation is 1. The Balaban J connectivity index is 1.53. The van der Waals surface area contributed by atoms with Crippen molar-refractivity contribution < 1.29 is 23.4 Å². The van der Waals surface area contributed by atoms with E-state index in [-0.39, 0.29) is 6.04 Å². The minimum atomic E-state index is -0.658. The number of hydrogen-bond acceptors (Lipinski definition) is 4. The lowest BCUT2D eigenvalue weighted by atomic mass is 9.97. The van der Waals surface area contributed by atoms with Gasteiger partial charge in [0.25, 0.3) is 0 Å². The molecular formula is C22H25F2NO3. The number of hydrogen-bond donors (Lipinski definition) is 2. The summed E-state index contributed by atoms with van der Waals surface area (Å²) >= 11 is 0. The van der Waals surface area contributed by atoms with E-state index in [1.165, 1.54) is 30.2 Å². The highest BCUT2D eigenvalue weighted by Crippen LogP contribution is 2.22. The average Bonchev–Trinajstić information content (AvgIpc) is 2.70. The zero-order valence-corrected chi connectivity index (χ0v) is 15.6. The number of allylic oxidation sites excluding steroid dienone is 3. The molecule has 1 aliphatic heterocycles. The molecule has 2 N–H and O–H groups in total. The number of aliphatic hydroxyl groups is 1. The van der Waals surface area contributed by atoms with E-state index in [2.05, 4.69) is 23.5 Å². The van der Waals surface area contributed by atoms with E-state index >= 15 is 0 Å². The van der Waals surface area contributed by atoms with Crippen LogP contribution in [0.15, 0.2) is 66.5 Å². The van der Waals surface area contributed by atoms with Crippen LogP contribution >= 0.6 is 0 Å². The number of benzene rings is 1. The Bertz CT molecular complexity index is 766. The number of nitrogens with one attached hydrogen (secondary N) is 1. The molecule has 0 saturated carbocycles. The van der Waals surface area contributed by atoms with Crippen LogP contribution in [-0.4, -0.2) is 23.8 Å². The normalized spacial score (nSPS) is 18.0. The molecule has 0 aromatic heterocycles. The maximum absolute atomic E-state index is 13.3. The van der Waals surface area contributed by atoms with Crippen LogP contribution in [0.4, 0.5) is 8.78 Å². The Labute approximate surface area is 163 Å². The van der Waals surface area contributed by atoms with E-state index in [1.54, 1.807) is 6.26 Å². The smallest absolute Gasteiger partial charge is 0.155 e. The van der Waals surface area contributed by atoms with Crippen molar-refractivity contribution in [2.24, 2.45) is 0 Å². The van der Waals surface area contributed by atoms with Gasteiger partial charge in [0.05, 0.1) is 12.1 Å². The van der Waals surface area contributed by atoms with E-state index in [4.69, 9.17) is 9.47 Å². The Hall–Kier alpha value is -2.44. The number of halogens is 2. The zero-order chi connectivity index (χ0) is 19.8. The first-order chi connectivity index (χ1) is 13.6. The summed E-state index contributed by atoms with van der Waals surface area (Å²) in [6.07, 6.45) is 13.7. The first-order valence-corrected chi connectivity index (χ1v) is 9.48. The number of aliphatic hydroxyl groups excluding tert-OH is 1. The van der Waals surface area contributed by atoms with Crippen LogP contribution in [0.5, 0.6) is 0 Å². The molecule has 0 spiro atoms. The lowest BCUT2D eigenvalue weighted by molar-refractivity contribution is 0.152. The first-order valence-electron chi connectivity index (χ1n) is 9.48. The summed E-state index contributed by atoms with van der Waals surface area (Å²) in [7, 11) is 0. The van der Waals surface area contributed by atoms with Gasteiger partial charge in [-0.1, -0.05) is 23.8 Å². The lowest BCUT2D eigenvalue weighted by Crippen LogP contribution is -2.38. The molecule has 3 rings (SSSR count). The van der Waals surface area contributed by atoms with E-state index in [0.29, 0.717) is 30.7 Å². The fourth-order valence-corrected chi connectivity index (χ4v) is 3.26.